The first-order chi connectivity index (χ1) is 15.4. The third-order valence-electron chi connectivity index (χ3n) is 5.58. The number of carbonyl (C=O) groups is 1. The molecule has 32 heavy (non-hydrogen) atoms. The Morgan fingerprint density at radius 3 is 2.56 bits per heavy atom. The Bertz CT molecular complexity index is 1220. The van der Waals surface area contributed by atoms with Gasteiger partial charge in [0, 0.05) is 12.4 Å². The van der Waals surface area contributed by atoms with Crippen LogP contribution in [0, 0.1) is 13.8 Å². The Balaban J connectivity index is 1.59. The third kappa shape index (κ3) is 4.81. The van der Waals surface area contributed by atoms with Crippen molar-refractivity contribution >= 4 is 32.6 Å². The molecule has 0 aliphatic carbocycles. The lowest BCUT2D eigenvalue weighted by Gasteiger charge is -2.20. The molecule has 0 saturated heterocycles. The molecule has 0 bridgehead atoms. The van der Waals surface area contributed by atoms with Crippen LogP contribution in [-0.4, -0.2) is 22.5 Å². The molecule has 0 radical (unpaired) electrons. The van der Waals surface area contributed by atoms with Crippen molar-refractivity contribution in [1.29, 1.82) is 0 Å². The lowest BCUT2D eigenvalue weighted by molar-refractivity contribution is -0.120. The molecule has 0 saturated carbocycles. The van der Waals surface area contributed by atoms with E-state index in [0.29, 0.717) is 23.3 Å². The molecule has 1 amide bonds. The zero-order valence-corrected chi connectivity index (χ0v) is 19.6. The van der Waals surface area contributed by atoms with E-state index in [9.17, 15) is 4.79 Å². The van der Waals surface area contributed by atoms with Crippen molar-refractivity contribution in [1.82, 2.24) is 9.97 Å². The number of hydrogen-bond donors (Lipinski definition) is 0. The van der Waals surface area contributed by atoms with Crippen LogP contribution in [-0.2, 0) is 11.3 Å². The normalized spacial score (nSPS) is 11.2. The van der Waals surface area contributed by atoms with E-state index in [4.69, 9.17) is 9.72 Å². The van der Waals surface area contributed by atoms with Gasteiger partial charge in [-0.05, 0) is 66.3 Å². The molecule has 0 spiro atoms. The van der Waals surface area contributed by atoms with Gasteiger partial charge in [-0.3, -0.25) is 14.7 Å². The average Bonchev–Trinajstić information content (AvgIpc) is 3.24. The standard InChI is InChI=1S/C26H27N3O2S/c1-17(2)21-8-10-22(11-9-21)31-16-24(30)29(15-20-6-5-13-27-14-20)26-28-25-19(4)18(3)7-12-23(25)32-26/h5-14,17H,15-16H2,1-4H3. The van der Waals surface area contributed by atoms with Crippen molar-refractivity contribution in [3.05, 3.63) is 83.2 Å². The highest BCUT2D eigenvalue weighted by Crippen LogP contribution is 2.33. The summed E-state index contributed by atoms with van der Waals surface area (Å²) in [5.74, 6) is 0.988. The van der Waals surface area contributed by atoms with Gasteiger partial charge >= 0.3 is 0 Å². The van der Waals surface area contributed by atoms with Crippen molar-refractivity contribution in [2.45, 2.75) is 40.2 Å². The molecule has 0 aliphatic heterocycles. The monoisotopic (exact) mass is 445 g/mol. The molecule has 0 fully saturated rings. The number of benzene rings is 2. The minimum absolute atomic E-state index is 0.0603. The van der Waals surface area contributed by atoms with E-state index in [-0.39, 0.29) is 12.5 Å². The highest BCUT2D eigenvalue weighted by atomic mass is 32.1. The van der Waals surface area contributed by atoms with Crippen molar-refractivity contribution in [2.75, 3.05) is 11.5 Å². The highest BCUT2D eigenvalue weighted by Gasteiger charge is 2.22. The van der Waals surface area contributed by atoms with Gasteiger partial charge in [0.2, 0.25) is 0 Å². The lowest BCUT2D eigenvalue weighted by atomic mass is 10.0. The number of amides is 1. The summed E-state index contributed by atoms with van der Waals surface area (Å²) in [5.41, 5.74) is 5.45. The Morgan fingerprint density at radius 2 is 1.88 bits per heavy atom. The first-order valence-electron chi connectivity index (χ1n) is 10.7. The van der Waals surface area contributed by atoms with Crippen LogP contribution >= 0.6 is 11.3 Å². The minimum atomic E-state index is -0.143. The summed E-state index contributed by atoms with van der Waals surface area (Å²) in [6, 6.07) is 15.9. The van der Waals surface area contributed by atoms with E-state index in [1.807, 2.05) is 36.4 Å². The largest absolute Gasteiger partial charge is 0.484 e. The average molecular weight is 446 g/mol. The van der Waals surface area contributed by atoms with Crippen LogP contribution in [0.5, 0.6) is 5.75 Å². The topological polar surface area (TPSA) is 55.3 Å². The van der Waals surface area contributed by atoms with Gasteiger partial charge < -0.3 is 4.74 Å². The van der Waals surface area contributed by atoms with Gasteiger partial charge in [-0.25, -0.2) is 4.98 Å². The summed E-state index contributed by atoms with van der Waals surface area (Å²) in [7, 11) is 0. The van der Waals surface area contributed by atoms with Crippen LogP contribution in [0.15, 0.2) is 60.9 Å². The second kappa shape index (κ2) is 9.49. The number of thiazole rings is 1. The summed E-state index contributed by atoms with van der Waals surface area (Å²) >= 11 is 1.52. The maximum atomic E-state index is 13.3. The summed E-state index contributed by atoms with van der Waals surface area (Å²) < 4.78 is 6.90. The van der Waals surface area contributed by atoms with Crippen molar-refractivity contribution in [2.24, 2.45) is 0 Å². The Kier molecular flexibility index (Phi) is 6.51. The van der Waals surface area contributed by atoms with E-state index < -0.39 is 0 Å². The van der Waals surface area contributed by atoms with Crippen molar-refractivity contribution in [3.8, 4) is 5.75 Å². The summed E-state index contributed by atoms with van der Waals surface area (Å²) in [5, 5.41) is 0.668. The molecule has 0 atom stereocenters. The van der Waals surface area contributed by atoms with Gasteiger partial charge in [0.1, 0.15) is 5.75 Å². The van der Waals surface area contributed by atoms with E-state index in [0.717, 1.165) is 21.3 Å². The zero-order valence-electron chi connectivity index (χ0n) is 18.8. The van der Waals surface area contributed by atoms with Gasteiger partial charge in [0.15, 0.2) is 11.7 Å². The van der Waals surface area contributed by atoms with Gasteiger partial charge in [0.25, 0.3) is 5.91 Å². The fourth-order valence-electron chi connectivity index (χ4n) is 3.44. The molecule has 4 rings (SSSR count). The first-order valence-corrected chi connectivity index (χ1v) is 11.5. The number of anilines is 1. The molecular weight excluding hydrogens is 418 g/mol. The molecule has 164 valence electrons. The van der Waals surface area contributed by atoms with Gasteiger partial charge in [0.05, 0.1) is 16.8 Å². The maximum absolute atomic E-state index is 13.3. The van der Waals surface area contributed by atoms with Crippen LogP contribution in [0.4, 0.5) is 5.13 Å². The van der Waals surface area contributed by atoms with Gasteiger partial charge in [-0.2, -0.15) is 0 Å². The number of pyridine rings is 1. The minimum Gasteiger partial charge on any atom is -0.484 e. The van der Waals surface area contributed by atoms with Gasteiger partial charge in [-0.15, -0.1) is 0 Å². The second-order valence-corrected chi connectivity index (χ2v) is 9.21. The smallest absolute Gasteiger partial charge is 0.267 e. The predicted octanol–water partition coefficient (Wildman–Crippen LogP) is 6.04. The predicted molar refractivity (Wildman–Crippen MR) is 131 cm³/mol. The molecule has 5 nitrogen and oxygen atoms in total. The van der Waals surface area contributed by atoms with Crippen LogP contribution in [0.2, 0.25) is 0 Å². The third-order valence-corrected chi connectivity index (χ3v) is 6.62. The summed E-state index contributed by atoms with van der Waals surface area (Å²) in [6.45, 7) is 8.77. The van der Waals surface area contributed by atoms with Crippen LogP contribution in [0.1, 0.15) is 42.0 Å². The number of carbonyl (C=O) groups excluding carboxylic acids is 1. The summed E-state index contributed by atoms with van der Waals surface area (Å²) in [4.78, 5) is 24.0. The van der Waals surface area contributed by atoms with Crippen molar-refractivity contribution < 1.29 is 9.53 Å². The molecule has 0 N–H and O–H groups in total. The Hall–Kier alpha value is -3.25. The Labute approximate surface area is 192 Å². The van der Waals surface area contributed by atoms with E-state index in [2.05, 4.69) is 44.8 Å². The van der Waals surface area contributed by atoms with Crippen LogP contribution < -0.4 is 9.64 Å². The Morgan fingerprint density at radius 1 is 1.09 bits per heavy atom. The molecule has 2 aromatic carbocycles. The number of hydrogen-bond acceptors (Lipinski definition) is 5. The van der Waals surface area contributed by atoms with Crippen molar-refractivity contribution in [3.63, 3.8) is 0 Å². The quantitative estimate of drug-likeness (QED) is 0.348. The molecule has 0 aliphatic rings. The van der Waals surface area contributed by atoms with Crippen LogP contribution in [0.3, 0.4) is 0 Å². The number of ether oxygens (including phenoxy) is 1. The number of nitrogens with zero attached hydrogens (tertiary/aromatic N) is 3. The van der Waals surface area contributed by atoms with E-state index in [1.165, 1.54) is 22.5 Å². The number of aryl methyl sites for hydroxylation is 2. The molecular formula is C26H27N3O2S. The molecule has 2 aromatic heterocycles. The number of fused-ring (bicyclic) bond motifs is 1. The highest BCUT2D eigenvalue weighted by molar-refractivity contribution is 7.22. The zero-order chi connectivity index (χ0) is 22.7. The fraction of sp³-hybridized carbons (Fsp3) is 0.269. The molecule has 4 aromatic rings. The lowest BCUT2D eigenvalue weighted by Crippen LogP contribution is -2.34. The molecule has 2 heterocycles. The molecule has 0 unspecified atom stereocenters. The van der Waals surface area contributed by atoms with Gasteiger partial charge in [-0.1, -0.05) is 49.4 Å². The second-order valence-electron chi connectivity index (χ2n) is 8.20. The van der Waals surface area contributed by atoms with Crippen LogP contribution in [0.25, 0.3) is 10.2 Å². The number of aromatic nitrogens is 2. The maximum Gasteiger partial charge on any atom is 0.267 e. The van der Waals surface area contributed by atoms with E-state index in [1.54, 1.807) is 17.3 Å². The summed E-state index contributed by atoms with van der Waals surface area (Å²) in [6.07, 6.45) is 3.50. The van der Waals surface area contributed by atoms with E-state index >= 15 is 0 Å². The number of rotatable bonds is 7. The fourth-order valence-corrected chi connectivity index (χ4v) is 4.48. The molecule has 6 heteroatoms. The first kappa shape index (κ1) is 22.0. The SMILES string of the molecule is Cc1ccc2sc(N(Cc3cccnc3)C(=O)COc3ccc(C(C)C)cc3)nc2c1C.